The fraction of sp³-hybridized carbons (Fsp3) is 0.263. The van der Waals surface area contributed by atoms with Crippen molar-refractivity contribution in [3.63, 3.8) is 0 Å². The molecular weight excluding hydrogens is 304 g/mol. The SMILES string of the molecule is Cc1ccc(OCCC[NH+]2C(=O)C(=NO)c3cccc(C)c32)cc1. The molecule has 0 saturated heterocycles. The number of ether oxygens (including phenoxy) is 1. The molecule has 3 rings (SSSR count). The highest BCUT2D eigenvalue weighted by Gasteiger charge is 2.41. The Morgan fingerprint density at radius 1 is 1.12 bits per heavy atom. The zero-order valence-corrected chi connectivity index (χ0v) is 13.9. The number of hydrogen-bond donors (Lipinski definition) is 2. The van der Waals surface area contributed by atoms with Gasteiger partial charge in [0.1, 0.15) is 5.75 Å². The smallest absolute Gasteiger partial charge is 0.372 e. The highest BCUT2D eigenvalue weighted by Crippen LogP contribution is 2.21. The van der Waals surface area contributed by atoms with Crippen LogP contribution in [0.5, 0.6) is 5.75 Å². The highest BCUT2D eigenvalue weighted by molar-refractivity contribution is 6.45. The standard InChI is InChI=1S/C19H20N2O3/c1-13-7-9-15(10-8-13)24-12-4-11-21-18-14(2)5-3-6-16(18)17(20-23)19(21)22/h3,5-10,23H,4,11-12H2,1-2H3/p+1. The van der Waals surface area contributed by atoms with Crippen molar-refractivity contribution in [3.05, 3.63) is 59.2 Å². The van der Waals surface area contributed by atoms with Crippen molar-refractivity contribution in [1.82, 2.24) is 0 Å². The van der Waals surface area contributed by atoms with E-state index in [1.165, 1.54) is 5.56 Å². The fourth-order valence-electron chi connectivity index (χ4n) is 3.06. The van der Waals surface area contributed by atoms with Crippen LogP contribution in [-0.2, 0) is 4.79 Å². The third-order valence-electron chi connectivity index (χ3n) is 4.28. The molecule has 0 aromatic heterocycles. The second-order valence-corrected chi connectivity index (χ2v) is 6.02. The summed E-state index contributed by atoms with van der Waals surface area (Å²) in [7, 11) is 0. The van der Waals surface area contributed by atoms with Crippen molar-refractivity contribution < 1.29 is 19.6 Å². The summed E-state index contributed by atoms with van der Waals surface area (Å²) in [5.74, 6) is 0.648. The average Bonchev–Trinajstić information content (AvgIpc) is 2.86. The van der Waals surface area contributed by atoms with Crippen LogP contribution in [0.4, 0.5) is 5.69 Å². The zero-order valence-electron chi connectivity index (χ0n) is 13.9. The van der Waals surface area contributed by atoms with E-state index in [1.807, 2.05) is 56.3 Å². The fourth-order valence-corrected chi connectivity index (χ4v) is 3.06. The van der Waals surface area contributed by atoms with Crippen LogP contribution in [0.1, 0.15) is 23.1 Å². The van der Waals surface area contributed by atoms with Gasteiger partial charge in [0.2, 0.25) is 5.71 Å². The summed E-state index contributed by atoms with van der Waals surface area (Å²) in [6, 6.07) is 13.6. The van der Waals surface area contributed by atoms with Crippen LogP contribution < -0.4 is 9.64 Å². The maximum absolute atomic E-state index is 12.5. The van der Waals surface area contributed by atoms with Crippen LogP contribution in [0.2, 0.25) is 0 Å². The number of hydrogen-bond acceptors (Lipinski definition) is 4. The van der Waals surface area contributed by atoms with Crippen molar-refractivity contribution in [2.75, 3.05) is 13.2 Å². The molecule has 2 aromatic carbocycles. The molecule has 0 bridgehead atoms. The second kappa shape index (κ2) is 6.84. The Labute approximate surface area is 141 Å². The number of para-hydroxylation sites is 1. The lowest BCUT2D eigenvalue weighted by atomic mass is 10.1. The minimum Gasteiger partial charge on any atom is -0.493 e. The Morgan fingerprint density at radius 2 is 1.88 bits per heavy atom. The number of fused-ring (bicyclic) bond motifs is 1. The molecular formula is C19H21N2O3+. The van der Waals surface area contributed by atoms with Gasteiger partial charge in [0.15, 0.2) is 5.69 Å². The monoisotopic (exact) mass is 325 g/mol. The van der Waals surface area contributed by atoms with Crippen LogP contribution in [0, 0.1) is 13.8 Å². The third-order valence-corrected chi connectivity index (χ3v) is 4.28. The molecule has 1 atom stereocenters. The summed E-state index contributed by atoms with van der Waals surface area (Å²) in [4.78, 5) is 13.2. The molecule has 1 aliphatic heterocycles. The van der Waals surface area contributed by atoms with Crippen LogP contribution in [0.25, 0.3) is 0 Å². The quantitative estimate of drug-likeness (QED) is 0.502. The van der Waals surface area contributed by atoms with Gasteiger partial charge in [0.05, 0.1) is 18.7 Å². The minimum atomic E-state index is -0.183. The summed E-state index contributed by atoms with van der Waals surface area (Å²) in [5, 5.41) is 12.4. The van der Waals surface area contributed by atoms with Gasteiger partial charge in [-0.3, -0.25) is 0 Å². The Morgan fingerprint density at radius 3 is 2.58 bits per heavy atom. The van der Waals surface area contributed by atoms with E-state index in [0.717, 1.165) is 29.0 Å². The molecule has 0 aliphatic carbocycles. The van der Waals surface area contributed by atoms with Crippen molar-refractivity contribution in [2.45, 2.75) is 20.3 Å². The molecule has 1 amide bonds. The van der Waals surface area contributed by atoms with Gasteiger partial charge in [-0.2, -0.15) is 0 Å². The Hall–Kier alpha value is -2.66. The number of oxime groups is 1. The average molecular weight is 325 g/mol. The van der Waals surface area contributed by atoms with Gasteiger partial charge in [0.25, 0.3) is 0 Å². The van der Waals surface area contributed by atoms with Gasteiger partial charge in [-0.1, -0.05) is 35.0 Å². The number of carbonyl (C=O) groups is 1. The van der Waals surface area contributed by atoms with Crippen LogP contribution in [0.3, 0.4) is 0 Å². The first-order chi connectivity index (χ1) is 11.6. The number of nitrogens with one attached hydrogen (secondary N) is 1. The van der Waals surface area contributed by atoms with Crippen molar-refractivity contribution in [2.24, 2.45) is 5.16 Å². The number of amides is 1. The molecule has 1 unspecified atom stereocenters. The van der Waals surface area contributed by atoms with Crippen molar-refractivity contribution in [3.8, 4) is 5.75 Å². The lowest BCUT2D eigenvalue weighted by Crippen LogP contribution is -3.09. The van der Waals surface area contributed by atoms with Gasteiger partial charge >= 0.3 is 5.91 Å². The number of aryl methyl sites for hydroxylation is 2. The van der Waals surface area contributed by atoms with Gasteiger partial charge in [-0.25, -0.2) is 9.69 Å². The first kappa shape index (κ1) is 16.2. The van der Waals surface area contributed by atoms with Gasteiger partial charge in [-0.05, 0) is 32.0 Å². The zero-order chi connectivity index (χ0) is 17.1. The third kappa shape index (κ3) is 3.03. The van der Waals surface area contributed by atoms with Crippen LogP contribution in [0.15, 0.2) is 47.6 Å². The molecule has 0 spiro atoms. The summed E-state index contributed by atoms with van der Waals surface area (Å²) in [6.07, 6.45) is 0.724. The minimum absolute atomic E-state index is 0.142. The van der Waals surface area contributed by atoms with E-state index in [0.29, 0.717) is 18.1 Å². The lowest BCUT2D eigenvalue weighted by molar-refractivity contribution is -0.742. The maximum atomic E-state index is 12.5. The molecule has 24 heavy (non-hydrogen) atoms. The molecule has 124 valence electrons. The summed E-state index contributed by atoms with van der Waals surface area (Å²) < 4.78 is 5.72. The van der Waals surface area contributed by atoms with Crippen LogP contribution in [-0.4, -0.2) is 30.0 Å². The maximum Gasteiger partial charge on any atom is 0.372 e. The van der Waals surface area contributed by atoms with E-state index in [-0.39, 0.29) is 11.6 Å². The van der Waals surface area contributed by atoms with E-state index in [4.69, 9.17) is 9.94 Å². The first-order valence-electron chi connectivity index (χ1n) is 8.04. The Bertz CT molecular complexity index is 782. The molecule has 1 heterocycles. The number of quaternary nitrogens is 1. The van der Waals surface area contributed by atoms with E-state index in [1.54, 1.807) is 0 Å². The molecule has 0 fully saturated rings. The molecule has 5 heteroatoms. The number of nitrogens with zero attached hydrogens (tertiary/aromatic N) is 1. The Balaban J connectivity index is 1.65. The molecule has 1 aliphatic rings. The van der Waals surface area contributed by atoms with Crippen LogP contribution >= 0.6 is 0 Å². The van der Waals surface area contributed by atoms with Gasteiger partial charge in [0, 0.05) is 12.0 Å². The summed E-state index contributed by atoms with van der Waals surface area (Å²) >= 11 is 0. The van der Waals surface area contributed by atoms with E-state index >= 15 is 0 Å². The van der Waals surface area contributed by atoms with E-state index < -0.39 is 0 Å². The van der Waals surface area contributed by atoms with Gasteiger partial charge in [-0.15, -0.1) is 0 Å². The number of benzene rings is 2. The first-order valence-corrected chi connectivity index (χ1v) is 8.04. The van der Waals surface area contributed by atoms with Crippen molar-refractivity contribution >= 4 is 17.3 Å². The predicted octanol–water partition coefficient (Wildman–Crippen LogP) is 2.01. The van der Waals surface area contributed by atoms with Gasteiger partial charge < -0.3 is 9.94 Å². The van der Waals surface area contributed by atoms with E-state index in [9.17, 15) is 4.79 Å². The molecule has 5 nitrogen and oxygen atoms in total. The topological polar surface area (TPSA) is 63.3 Å². The number of carbonyl (C=O) groups excluding carboxylic acids is 1. The largest absolute Gasteiger partial charge is 0.493 e. The van der Waals surface area contributed by atoms with E-state index in [2.05, 4.69) is 5.16 Å². The Kier molecular flexibility index (Phi) is 4.62. The predicted molar refractivity (Wildman–Crippen MR) is 91.3 cm³/mol. The van der Waals surface area contributed by atoms with Crippen molar-refractivity contribution in [1.29, 1.82) is 0 Å². The summed E-state index contributed by atoms with van der Waals surface area (Å²) in [6.45, 7) is 5.13. The number of rotatable bonds is 5. The second-order valence-electron chi connectivity index (χ2n) is 6.02. The molecule has 2 aromatic rings. The molecule has 2 N–H and O–H groups in total. The molecule has 0 saturated carbocycles. The summed E-state index contributed by atoms with van der Waals surface area (Å²) in [5.41, 5.74) is 3.98. The highest BCUT2D eigenvalue weighted by atomic mass is 16.5. The lowest BCUT2D eigenvalue weighted by Gasteiger charge is -2.13. The normalized spacial score (nSPS) is 18.0. The molecule has 0 radical (unpaired) electrons.